The summed E-state index contributed by atoms with van der Waals surface area (Å²) in [6.45, 7) is 0. The lowest BCUT2D eigenvalue weighted by molar-refractivity contribution is 0.102. The topological polar surface area (TPSA) is 99.1 Å². The molecule has 0 aliphatic rings. The summed E-state index contributed by atoms with van der Waals surface area (Å²) >= 11 is 0. The molecular formula is C14H10FN3O2. The lowest BCUT2D eigenvalue weighted by atomic mass is 10.1. The third-order valence-corrected chi connectivity index (χ3v) is 2.67. The monoisotopic (exact) mass is 271 g/mol. The summed E-state index contributed by atoms with van der Waals surface area (Å²) < 4.78 is 13.4. The number of phenols is 1. The number of amides is 1. The van der Waals surface area contributed by atoms with Crippen LogP contribution in [0, 0.1) is 17.1 Å². The molecule has 0 aliphatic carbocycles. The smallest absolute Gasteiger partial charge is 0.255 e. The maximum Gasteiger partial charge on any atom is 0.255 e. The molecule has 5 nitrogen and oxygen atoms in total. The van der Waals surface area contributed by atoms with Crippen molar-refractivity contribution in [3.63, 3.8) is 0 Å². The number of benzene rings is 2. The van der Waals surface area contributed by atoms with E-state index in [0.29, 0.717) is 0 Å². The Morgan fingerprint density at radius 1 is 1.35 bits per heavy atom. The summed E-state index contributed by atoms with van der Waals surface area (Å²) in [5.74, 6) is -1.52. The van der Waals surface area contributed by atoms with Gasteiger partial charge in [0.15, 0.2) is 0 Å². The molecule has 0 bridgehead atoms. The Morgan fingerprint density at radius 2 is 2.10 bits per heavy atom. The highest BCUT2D eigenvalue weighted by molar-refractivity contribution is 6.05. The molecule has 0 saturated carbocycles. The number of nitrogens with two attached hydrogens (primary N) is 1. The van der Waals surface area contributed by atoms with Gasteiger partial charge >= 0.3 is 0 Å². The molecule has 0 heterocycles. The molecule has 0 spiro atoms. The van der Waals surface area contributed by atoms with E-state index >= 15 is 0 Å². The number of hydrogen-bond donors (Lipinski definition) is 3. The first-order chi connectivity index (χ1) is 9.52. The van der Waals surface area contributed by atoms with Crippen molar-refractivity contribution in [1.82, 2.24) is 0 Å². The minimum Gasteiger partial charge on any atom is -0.506 e. The van der Waals surface area contributed by atoms with Crippen molar-refractivity contribution in [1.29, 1.82) is 5.26 Å². The Kier molecular flexibility index (Phi) is 3.53. The highest BCUT2D eigenvalue weighted by Gasteiger charge is 2.13. The van der Waals surface area contributed by atoms with Crippen LogP contribution in [-0.2, 0) is 0 Å². The average molecular weight is 271 g/mol. The molecule has 4 N–H and O–H groups in total. The van der Waals surface area contributed by atoms with Crippen LogP contribution in [-0.4, -0.2) is 11.0 Å². The number of carbonyl (C=O) groups excluding carboxylic acids is 1. The van der Waals surface area contributed by atoms with E-state index in [0.717, 1.165) is 6.07 Å². The first-order valence-electron chi connectivity index (χ1n) is 5.61. The van der Waals surface area contributed by atoms with E-state index in [1.807, 2.05) is 0 Å². The molecule has 0 atom stereocenters. The van der Waals surface area contributed by atoms with Gasteiger partial charge in [0.05, 0.1) is 11.4 Å². The number of nitriles is 1. The number of nitrogens with one attached hydrogen (secondary N) is 1. The number of phenolic OH excluding ortho intramolecular Hbond substituents is 1. The van der Waals surface area contributed by atoms with Crippen molar-refractivity contribution < 1.29 is 14.3 Å². The molecule has 0 saturated heterocycles. The second-order valence-electron chi connectivity index (χ2n) is 4.00. The van der Waals surface area contributed by atoms with Gasteiger partial charge in [-0.1, -0.05) is 6.07 Å². The Bertz CT molecular complexity index is 723. The van der Waals surface area contributed by atoms with Crippen LogP contribution in [0.1, 0.15) is 15.9 Å². The molecule has 0 unspecified atom stereocenters. The zero-order chi connectivity index (χ0) is 14.7. The zero-order valence-electron chi connectivity index (χ0n) is 10.2. The van der Waals surface area contributed by atoms with E-state index in [-0.39, 0.29) is 28.3 Å². The van der Waals surface area contributed by atoms with Crippen molar-refractivity contribution in [2.45, 2.75) is 0 Å². The molecular weight excluding hydrogens is 261 g/mol. The summed E-state index contributed by atoms with van der Waals surface area (Å²) in [6, 6.07) is 9.58. The molecule has 0 aromatic heterocycles. The van der Waals surface area contributed by atoms with E-state index in [9.17, 15) is 14.3 Å². The Morgan fingerprint density at radius 3 is 2.75 bits per heavy atom. The van der Waals surface area contributed by atoms with Gasteiger partial charge < -0.3 is 16.2 Å². The van der Waals surface area contributed by atoms with Gasteiger partial charge in [-0.2, -0.15) is 5.26 Å². The molecule has 0 radical (unpaired) electrons. The van der Waals surface area contributed by atoms with E-state index in [2.05, 4.69) is 5.32 Å². The Labute approximate surface area is 114 Å². The second kappa shape index (κ2) is 5.28. The van der Waals surface area contributed by atoms with Gasteiger partial charge in [-0.25, -0.2) is 4.39 Å². The van der Waals surface area contributed by atoms with Gasteiger partial charge in [0.25, 0.3) is 5.91 Å². The molecule has 0 fully saturated rings. The van der Waals surface area contributed by atoms with Gasteiger partial charge in [-0.15, -0.1) is 0 Å². The summed E-state index contributed by atoms with van der Waals surface area (Å²) in [7, 11) is 0. The first kappa shape index (κ1) is 13.4. The molecule has 1 amide bonds. The number of nitrogen functional groups attached to an aromatic ring is 1. The van der Waals surface area contributed by atoms with Gasteiger partial charge in [0.2, 0.25) is 0 Å². The zero-order valence-corrected chi connectivity index (χ0v) is 10.2. The lowest BCUT2D eigenvalue weighted by Crippen LogP contribution is -2.13. The molecule has 2 rings (SSSR count). The van der Waals surface area contributed by atoms with E-state index in [4.69, 9.17) is 11.0 Å². The average Bonchev–Trinajstić information content (AvgIpc) is 2.42. The largest absolute Gasteiger partial charge is 0.506 e. The predicted octanol–water partition coefficient (Wildman–Crippen LogP) is 2.24. The van der Waals surface area contributed by atoms with Crippen LogP contribution >= 0.6 is 0 Å². The number of rotatable bonds is 2. The van der Waals surface area contributed by atoms with Crippen LogP contribution in [0.4, 0.5) is 15.8 Å². The number of aromatic hydroxyl groups is 1. The fourth-order valence-corrected chi connectivity index (χ4v) is 1.62. The minimum atomic E-state index is -0.717. The molecule has 0 aliphatic heterocycles. The van der Waals surface area contributed by atoms with Gasteiger partial charge in [-0.05, 0) is 30.3 Å². The van der Waals surface area contributed by atoms with Crippen LogP contribution in [0.2, 0.25) is 0 Å². The SMILES string of the molecule is N#Cc1c(F)cccc1NC(=O)c1ccc(N)c(O)c1. The lowest BCUT2D eigenvalue weighted by Gasteiger charge is -2.08. The fraction of sp³-hybridized carbons (Fsp3) is 0. The summed E-state index contributed by atoms with van der Waals surface area (Å²) in [6.07, 6.45) is 0. The number of anilines is 2. The fourth-order valence-electron chi connectivity index (χ4n) is 1.62. The second-order valence-corrected chi connectivity index (χ2v) is 4.00. The quantitative estimate of drug-likeness (QED) is 0.576. The van der Waals surface area contributed by atoms with E-state index < -0.39 is 11.7 Å². The summed E-state index contributed by atoms with van der Waals surface area (Å²) in [5, 5.41) is 20.7. The first-order valence-corrected chi connectivity index (χ1v) is 5.61. The maximum absolute atomic E-state index is 13.4. The minimum absolute atomic E-state index is 0.0637. The highest BCUT2D eigenvalue weighted by Crippen LogP contribution is 2.22. The Balaban J connectivity index is 2.31. The summed E-state index contributed by atoms with van der Waals surface area (Å²) in [4.78, 5) is 12.0. The van der Waals surface area contributed by atoms with Crippen LogP contribution in [0.3, 0.4) is 0 Å². The van der Waals surface area contributed by atoms with Crippen molar-refractivity contribution in [2.24, 2.45) is 0 Å². The van der Waals surface area contributed by atoms with Gasteiger partial charge in [0.1, 0.15) is 23.2 Å². The molecule has 2 aromatic carbocycles. The molecule has 100 valence electrons. The molecule has 6 heteroatoms. The number of nitrogens with zero attached hydrogens (tertiary/aromatic N) is 1. The number of halogens is 1. The third-order valence-electron chi connectivity index (χ3n) is 2.67. The number of carbonyl (C=O) groups is 1. The van der Waals surface area contributed by atoms with Crippen LogP contribution in [0.5, 0.6) is 5.75 Å². The van der Waals surface area contributed by atoms with Crippen LogP contribution < -0.4 is 11.1 Å². The number of hydrogen-bond acceptors (Lipinski definition) is 4. The standard InChI is InChI=1S/C14H10FN3O2/c15-10-2-1-3-12(9(10)7-16)18-14(20)8-4-5-11(17)13(19)6-8/h1-6,19H,17H2,(H,18,20). The van der Waals surface area contributed by atoms with Crippen molar-refractivity contribution in [2.75, 3.05) is 11.1 Å². The van der Waals surface area contributed by atoms with Crippen molar-refractivity contribution in [3.05, 3.63) is 53.3 Å². The van der Waals surface area contributed by atoms with Gasteiger partial charge in [0, 0.05) is 5.56 Å². The van der Waals surface area contributed by atoms with Crippen molar-refractivity contribution in [3.8, 4) is 11.8 Å². The predicted molar refractivity (Wildman–Crippen MR) is 71.6 cm³/mol. The summed E-state index contributed by atoms with van der Waals surface area (Å²) in [5.41, 5.74) is 5.53. The molecule has 2 aromatic rings. The third kappa shape index (κ3) is 2.52. The van der Waals surface area contributed by atoms with Crippen LogP contribution in [0.15, 0.2) is 36.4 Å². The normalized spacial score (nSPS) is 9.80. The van der Waals surface area contributed by atoms with Crippen LogP contribution in [0.25, 0.3) is 0 Å². The van der Waals surface area contributed by atoms with E-state index in [1.54, 1.807) is 6.07 Å². The highest BCUT2D eigenvalue weighted by atomic mass is 19.1. The Hall–Kier alpha value is -3.07. The molecule has 20 heavy (non-hydrogen) atoms. The van der Waals surface area contributed by atoms with E-state index in [1.165, 1.54) is 30.3 Å². The van der Waals surface area contributed by atoms with Gasteiger partial charge in [-0.3, -0.25) is 4.79 Å². The maximum atomic E-state index is 13.4. The van der Waals surface area contributed by atoms with Crippen molar-refractivity contribution >= 4 is 17.3 Å².